The van der Waals surface area contributed by atoms with E-state index in [1.165, 1.54) is 12.5 Å². The predicted octanol–water partition coefficient (Wildman–Crippen LogP) is 4.63. The van der Waals surface area contributed by atoms with Crippen LogP contribution in [0, 0.1) is 11.8 Å². The number of carbonyl (C=O) groups is 2. The van der Waals surface area contributed by atoms with Gasteiger partial charge in [-0.05, 0) is 66.0 Å². The third-order valence-corrected chi connectivity index (χ3v) is 6.77. The minimum absolute atomic E-state index is 0.00870. The Morgan fingerprint density at radius 1 is 1.16 bits per heavy atom. The van der Waals surface area contributed by atoms with Gasteiger partial charge >= 0.3 is 0 Å². The van der Waals surface area contributed by atoms with Crippen LogP contribution in [0.4, 0.5) is 5.69 Å². The van der Waals surface area contributed by atoms with Crippen LogP contribution in [0.15, 0.2) is 48.5 Å². The number of hydrogen-bond donors (Lipinski definition) is 2. The minimum Gasteiger partial charge on any atom is -0.490 e. The number of nitrogens with one attached hydrogen (secondary N) is 1. The van der Waals surface area contributed by atoms with E-state index in [1.54, 1.807) is 0 Å². The molecule has 31 heavy (non-hydrogen) atoms. The van der Waals surface area contributed by atoms with E-state index < -0.39 is 0 Å². The zero-order chi connectivity index (χ0) is 22.0. The summed E-state index contributed by atoms with van der Waals surface area (Å²) >= 11 is 10.5. The second-order valence-electron chi connectivity index (χ2n) is 8.36. The predicted molar refractivity (Wildman–Crippen MR) is 126 cm³/mol. The lowest BCUT2D eigenvalue weighted by atomic mass is 9.87. The molecule has 0 unspecified atom stereocenters. The number of carbonyl (C=O) groups excluding carboxylic acids is 2. The number of hydrogen-bond acceptors (Lipinski definition) is 4. The van der Waals surface area contributed by atoms with E-state index in [1.807, 2.05) is 47.4 Å². The first-order valence-electron chi connectivity index (χ1n) is 10.6. The van der Waals surface area contributed by atoms with Crippen molar-refractivity contribution < 1.29 is 14.3 Å². The summed E-state index contributed by atoms with van der Waals surface area (Å²) in [6.07, 6.45) is 1.35. The Morgan fingerprint density at radius 2 is 1.90 bits per heavy atom. The molecule has 164 valence electrons. The molecule has 1 aliphatic heterocycles. The molecule has 0 spiro atoms. The van der Waals surface area contributed by atoms with Crippen LogP contribution in [0.25, 0.3) is 0 Å². The maximum atomic E-state index is 12.5. The van der Waals surface area contributed by atoms with E-state index in [0.717, 1.165) is 29.4 Å². The molecule has 2 amide bonds. The van der Waals surface area contributed by atoms with Gasteiger partial charge in [-0.2, -0.15) is 12.6 Å². The quantitative estimate of drug-likeness (QED) is 0.620. The minimum atomic E-state index is -0.103. The molecule has 2 aliphatic rings. The van der Waals surface area contributed by atoms with Crippen molar-refractivity contribution in [3.63, 3.8) is 0 Å². The molecule has 4 rings (SSSR count). The van der Waals surface area contributed by atoms with Crippen LogP contribution in [0.3, 0.4) is 0 Å². The molecule has 1 N–H and O–H groups in total. The molecule has 7 heteroatoms. The number of nitrogens with zero attached hydrogens (tertiary/aromatic N) is 1. The standard InChI is InChI=1S/C24H27ClN2O3S/c1-15(28)26-18-5-7-19(8-6-18)30-23-12-20(16-3-2-4-17(25)11-16)21-13-27(14-22(21)23)24(29)9-10-31/h2-8,11,20-23,31H,9-10,12-14H2,1H3,(H,26,28)/t20-,21-,22-,23-/m1/s1. The summed E-state index contributed by atoms with van der Waals surface area (Å²) in [6, 6.07) is 15.5. The van der Waals surface area contributed by atoms with Gasteiger partial charge in [0.15, 0.2) is 0 Å². The van der Waals surface area contributed by atoms with E-state index in [-0.39, 0.29) is 23.8 Å². The summed E-state index contributed by atoms with van der Waals surface area (Å²) in [5.74, 6) is 2.28. The summed E-state index contributed by atoms with van der Waals surface area (Å²) < 4.78 is 6.42. The number of rotatable bonds is 6. The van der Waals surface area contributed by atoms with Gasteiger partial charge in [0.25, 0.3) is 0 Å². The molecule has 5 nitrogen and oxygen atoms in total. The molecular formula is C24H27ClN2O3S. The summed E-state index contributed by atoms with van der Waals surface area (Å²) in [4.78, 5) is 25.8. The van der Waals surface area contributed by atoms with Gasteiger partial charge in [-0.15, -0.1) is 0 Å². The molecular weight excluding hydrogens is 432 g/mol. The van der Waals surface area contributed by atoms with Crippen molar-refractivity contribution in [2.24, 2.45) is 11.8 Å². The van der Waals surface area contributed by atoms with Crippen molar-refractivity contribution in [3.05, 3.63) is 59.1 Å². The Labute approximate surface area is 193 Å². The number of likely N-dealkylation sites (tertiary alicyclic amines) is 1. The number of amides is 2. The van der Waals surface area contributed by atoms with Crippen molar-refractivity contribution in [2.45, 2.75) is 31.8 Å². The SMILES string of the molecule is CC(=O)Nc1ccc(O[C@@H]2C[C@H](c3cccc(Cl)c3)[C@H]3CN(C(=O)CCS)C[C@H]32)cc1. The van der Waals surface area contributed by atoms with E-state index in [9.17, 15) is 9.59 Å². The van der Waals surface area contributed by atoms with Crippen LogP contribution in [0.5, 0.6) is 5.75 Å². The Morgan fingerprint density at radius 3 is 2.58 bits per heavy atom. The molecule has 0 radical (unpaired) electrons. The second kappa shape index (κ2) is 9.53. The number of fused-ring (bicyclic) bond motifs is 1. The van der Waals surface area contributed by atoms with Gasteiger partial charge in [0.1, 0.15) is 11.9 Å². The van der Waals surface area contributed by atoms with Gasteiger partial charge in [-0.3, -0.25) is 9.59 Å². The topological polar surface area (TPSA) is 58.6 Å². The van der Waals surface area contributed by atoms with Gasteiger partial charge in [-0.25, -0.2) is 0 Å². The maximum absolute atomic E-state index is 12.5. The molecule has 1 aliphatic carbocycles. The summed E-state index contributed by atoms with van der Waals surface area (Å²) in [6.45, 7) is 2.94. The molecule has 2 aromatic rings. The van der Waals surface area contributed by atoms with Crippen molar-refractivity contribution in [1.29, 1.82) is 0 Å². The monoisotopic (exact) mass is 458 g/mol. The van der Waals surface area contributed by atoms with Crippen molar-refractivity contribution in [3.8, 4) is 5.75 Å². The third kappa shape index (κ3) is 5.01. The van der Waals surface area contributed by atoms with E-state index in [4.69, 9.17) is 16.3 Å². The highest BCUT2D eigenvalue weighted by Crippen LogP contribution is 2.49. The Hall–Kier alpha value is -2.18. The molecule has 1 saturated heterocycles. The Kier molecular flexibility index (Phi) is 6.77. The zero-order valence-corrected chi connectivity index (χ0v) is 19.1. The lowest BCUT2D eigenvalue weighted by Gasteiger charge is -2.23. The van der Waals surface area contributed by atoms with E-state index in [2.05, 4.69) is 24.0 Å². The van der Waals surface area contributed by atoms with Crippen LogP contribution < -0.4 is 10.1 Å². The van der Waals surface area contributed by atoms with Crippen LogP contribution in [0.2, 0.25) is 5.02 Å². The molecule has 2 fully saturated rings. The highest BCUT2D eigenvalue weighted by atomic mass is 35.5. The summed E-state index contributed by atoms with van der Waals surface area (Å²) in [5.41, 5.74) is 1.95. The molecule has 0 bridgehead atoms. The van der Waals surface area contributed by atoms with Gasteiger partial charge in [-0.1, -0.05) is 23.7 Å². The molecule has 1 saturated carbocycles. The first kappa shape index (κ1) is 22.0. The first-order chi connectivity index (χ1) is 14.9. The smallest absolute Gasteiger partial charge is 0.223 e. The lowest BCUT2D eigenvalue weighted by molar-refractivity contribution is -0.130. The number of thiol groups is 1. The van der Waals surface area contributed by atoms with Crippen molar-refractivity contribution in [1.82, 2.24) is 4.90 Å². The Balaban J connectivity index is 1.54. The number of ether oxygens (including phenoxy) is 1. The number of anilines is 1. The average molecular weight is 459 g/mol. The van der Waals surface area contributed by atoms with Crippen LogP contribution in [0.1, 0.15) is 31.2 Å². The maximum Gasteiger partial charge on any atom is 0.223 e. The van der Waals surface area contributed by atoms with E-state index >= 15 is 0 Å². The van der Waals surface area contributed by atoms with Crippen LogP contribution in [-0.4, -0.2) is 41.7 Å². The largest absolute Gasteiger partial charge is 0.490 e. The third-order valence-electron chi connectivity index (χ3n) is 6.31. The summed E-state index contributed by atoms with van der Waals surface area (Å²) in [7, 11) is 0. The normalized spacial score (nSPS) is 24.7. The van der Waals surface area contributed by atoms with Gasteiger partial charge in [0.05, 0.1) is 0 Å². The highest BCUT2D eigenvalue weighted by Gasteiger charge is 2.50. The molecule has 1 heterocycles. The average Bonchev–Trinajstić information content (AvgIpc) is 3.30. The lowest BCUT2D eigenvalue weighted by Crippen LogP contribution is -2.32. The van der Waals surface area contributed by atoms with Gasteiger partial charge in [0, 0.05) is 43.1 Å². The van der Waals surface area contributed by atoms with Crippen molar-refractivity contribution >= 4 is 41.7 Å². The molecule has 4 atom stereocenters. The van der Waals surface area contributed by atoms with Crippen LogP contribution >= 0.6 is 24.2 Å². The second-order valence-corrected chi connectivity index (χ2v) is 9.24. The molecule has 0 aromatic heterocycles. The summed E-state index contributed by atoms with van der Waals surface area (Å²) in [5, 5.41) is 3.50. The first-order valence-corrected chi connectivity index (χ1v) is 11.6. The fourth-order valence-electron chi connectivity index (χ4n) is 4.98. The molecule has 2 aromatic carbocycles. The Bertz CT molecular complexity index is 952. The van der Waals surface area contributed by atoms with E-state index in [0.29, 0.717) is 30.6 Å². The number of benzene rings is 2. The fraction of sp³-hybridized carbons (Fsp3) is 0.417. The highest BCUT2D eigenvalue weighted by molar-refractivity contribution is 7.80. The van der Waals surface area contributed by atoms with Gasteiger partial charge in [0.2, 0.25) is 11.8 Å². The van der Waals surface area contributed by atoms with Crippen LogP contribution in [-0.2, 0) is 9.59 Å². The van der Waals surface area contributed by atoms with Gasteiger partial charge < -0.3 is 15.0 Å². The number of halogens is 1. The zero-order valence-electron chi connectivity index (χ0n) is 17.5. The fourth-order valence-corrected chi connectivity index (χ4v) is 5.37. The van der Waals surface area contributed by atoms with Crippen molar-refractivity contribution in [2.75, 3.05) is 24.2 Å².